The minimum Gasteiger partial charge on any atom is -0.469 e. The lowest BCUT2D eigenvalue weighted by Gasteiger charge is -2.30. The lowest BCUT2D eigenvalue weighted by molar-refractivity contribution is -0.152. The molecule has 5 rings (SSSR count). The number of hydrogen-bond acceptors (Lipinski definition) is 17. The first-order valence-electron chi connectivity index (χ1n) is 33.7. The van der Waals surface area contributed by atoms with Crippen LogP contribution >= 0.6 is 0 Å². The molecule has 4 heterocycles. The Kier molecular flexibility index (Phi) is 37.3. The van der Waals surface area contributed by atoms with Gasteiger partial charge in [-0.05, 0) is 131 Å². The smallest absolute Gasteiger partial charge is 0.306 e. The molecule has 532 valence electrons. The molecule has 0 saturated carbocycles. The van der Waals surface area contributed by atoms with Gasteiger partial charge in [0.25, 0.3) is 0 Å². The molecule has 8 amide bonds. The Hall–Kier alpha value is -7.18. The van der Waals surface area contributed by atoms with Gasteiger partial charge in [0, 0.05) is 57.5 Å². The van der Waals surface area contributed by atoms with Crippen molar-refractivity contribution in [1.82, 2.24) is 40.9 Å². The third-order valence-electron chi connectivity index (χ3n) is 17.6. The van der Waals surface area contributed by atoms with E-state index in [-0.39, 0.29) is 121 Å². The molecule has 0 unspecified atom stereocenters. The lowest BCUT2D eigenvalue weighted by Crippen LogP contribution is -2.51. The predicted molar refractivity (Wildman–Crippen MR) is 354 cm³/mol. The fourth-order valence-electron chi connectivity index (χ4n) is 11.9. The molecule has 0 radical (unpaired) electrons. The van der Waals surface area contributed by atoms with E-state index in [1.54, 1.807) is 26.5 Å². The van der Waals surface area contributed by atoms with Crippen molar-refractivity contribution in [3.05, 3.63) is 35.9 Å². The summed E-state index contributed by atoms with van der Waals surface area (Å²) in [4.78, 5) is 154. The normalized spacial score (nSPS) is 19.7. The van der Waals surface area contributed by atoms with E-state index in [1.807, 2.05) is 113 Å². The van der Waals surface area contributed by atoms with Crippen molar-refractivity contribution < 1.29 is 81.2 Å². The number of rotatable bonds is 27. The highest BCUT2D eigenvalue weighted by Gasteiger charge is 2.44. The lowest BCUT2D eigenvalue weighted by atomic mass is 9.87. The van der Waals surface area contributed by atoms with Crippen molar-refractivity contribution in [3.8, 4) is 0 Å². The summed E-state index contributed by atoms with van der Waals surface area (Å²) in [6.07, 6.45) is 7.01. The van der Waals surface area contributed by atoms with Crippen LogP contribution in [-0.4, -0.2) is 207 Å². The summed E-state index contributed by atoms with van der Waals surface area (Å²) in [5, 5.41) is 11.5. The average Bonchev–Trinajstić information content (AvgIpc) is 1.62. The summed E-state index contributed by atoms with van der Waals surface area (Å²) in [7, 11) is 6.75. The molecule has 0 bridgehead atoms. The van der Waals surface area contributed by atoms with Crippen molar-refractivity contribution in [1.29, 1.82) is 0 Å². The summed E-state index contributed by atoms with van der Waals surface area (Å²) in [6, 6.07) is 7.50. The summed E-state index contributed by atoms with van der Waals surface area (Å²) in [5.41, 5.74) is 0.757. The van der Waals surface area contributed by atoms with E-state index >= 15 is 0 Å². The number of carbonyl (C=O) groups is 12. The third kappa shape index (κ3) is 26.2. The summed E-state index contributed by atoms with van der Waals surface area (Å²) < 4.78 is 24.1. The van der Waals surface area contributed by atoms with E-state index in [0.29, 0.717) is 51.9 Å². The number of amides is 8. The van der Waals surface area contributed by atoms with E-state index in [1.165, 1.54) is 35.5 Å². The van der Waals surface area contributed by atoms with E-state index in [2.05, 4.69) is 26.0 Å². The van der Waals surface area contributed by atoms with Crippen molar-refractivity contribution in [2.24, 2.45) is 29.6 Å². The zero-order valence-electron chi connectivity index (χ0n) is 59.5. The molecular weight excluding hydrogens is 1210 g/mol. The zero-order chi connectivity index (χ0) is 71.1. The molecule has 11 atom stereocenters. The maximum atomic E-state index is 13.1. The number of ether oxygens (including phenoxy) is 5. The van der Waals surface area contributed by atoms with Crippen LogP contribution in [0.4, 0.5) is 0 Å². The fourth-order valence-corrected chi connectivity index (χ4v) is 11.9. The van der Waals surface area contributed by atoms with Gasteiger partial charge in [0.05, 0.1) is 83.9 Å². The molecule has 25 heteroatoms. The molecule has 0 spiro atoms. The Balaban J connectivity index is 0.000000427. The number of benzene rings is 1. The van der Waals surface area contributed by atoms with Gasteiger partial charge in [-0.15, -0.1) is 0 Å². The second-order valence-corrected chi connectivity index (χ2v) is 26.0. The highest BCUT2D eigenvalue weighted by molar-refractivity contribution is 5.95. The van der Waals surface area contributed by atoms with Gasteiger partial charge in [0.2, 0.25) is 47.3 Å². The molecule has 25 nitrogen and oxygen atoms in total. The van der Waals surface area contributed by atoms with Gasteiger partial charge in [-0.25, -0.2) is 0 Å². The molecule has 94 heavy (non-hydrogen) atoms. The number of esters is 4. The van der Waals surface area contributed by atoms with Gasteiger partial charge in [-0.1, -0.05) is 70.9 Å². The molecular formula is C69H114N8O17. The summed E-state index contributed by atoms with van der Waals surface area (Å²) >= 11 is 0. The first-order valence-corrected chi connectivity index (χ1v) is 33.7. The van der Waals surface area contributed by atoms with Gasteiger partial charge in [0.1, 0.15) is 24.2 Å². The maximum Gasteiger partial charge on any atom is 0.306 e. The van der Waals surface area contributed by atoms with Gasteiger partial charge < -0.3 is 64.6 Å². The van der Waals surface area contributed by atoms with E-state index < -0.39 is 65.9 Å². The Morgan fingerprint density at radius 1 is 0.394 bits per heavy atom. The van der Waals surface area contributed by atoms with Crippen LogP contribution in [0.15, 0.2) is 30.3 Å². The molecule has 1 aromatic rings. The van der Waals surface area contributed by atoms with Crippen LogP contribution < -0.4 is 21.3 Å². The highest BCUT2D eigenvalue weighted by atomic mass is 16.5. The van der Waals surface area contributed by atoms with Crippen LogP contribution in [0.1, 0.15) is 191 Å². The first-order chi connectivity index (χ1) is 44.4. The second-order valence-electron chi connectivity index (χ2n) is 26.0. The molecule has 4 aliphatic rings. The van der Waals surface area contributed by atoms with Gasteiger partial charge >= 0.3 is 23.9 Å². The minimum absolute atomic E-state index is 0.0174. The number of nitrogens with zero attached hydrogens (tertiary/aromatic N) is 4. The van der Waals surface area contributed by atoms with Crippen LogP contribution in [0.5, 0.6) is 0 Å². The van der Waals surface area contributed by atoms with Crippen LogP contribution in [-0.2, 0) is 81.2 Å². The number of carbonyl (C=O) groups excluding carboxylic acids is 12. The van der Waals surface area contributed by atoms with Gasteiger partial charge in [-0.3, -0.25) is 57.5 Å². The predicted octanol–water partition coefficient (Wildman–Crippen LogP) is 6.02. The standard InChI is InChI=1S/C19H26N2O4.2C17H30N2O4.C16H28N2O5/c1-13(2)20-18(23)16-10-7-11-21(16)19(24)15(12-17(22)25-3)14-8-5-4-6-9-14;2*1-6-12(4)13(10-15(20)23-5)17(22)19-9-7-8-14(19)16(21)18-11(2)3;1-10(2)17-15(20)13-7-6-8-18(13)16(21)12(11(3)22-4)9-14(19)23-5/h4-6,8-9,13,15-16H,7,10-12H2,1-3H3,(H,20,23);2*11-14H,6-10H2,1-5H3,(H,18,21);10-13H,6-9H2,1-5H3,(H,17,20)/t15-,16-;12-,13+,14+;12-,13-,14-;11-,12-,13-/m0100/s1. The van der Waals surface area contributed by atoms with Crippen molar-refractivity contribution >= 4 is 71.1 Å². The number of nitrogens with one attached hydrogen (secondary N) is 4. The van der Waals surface area contributed by atoms with Gasteiger partial charge in [-0.2, -0.15) is 0 Å². The maximum absolute atomic E-state index is 13.1. The van der Waals surface area contributed by atoms with Gasteiger partial charge in [0.15, 0.2) is 0 Å². The number of hydrogen-bond donors (Lipinski definition) is 4. The Bertz CT molecular complexity index is 2430. The first kappa shape index (κ1) is 82.9. The minimum atomic E-state index is -0.653. The van der Waals surface area contributed by atoms with Crippen molar-refractivity contribution in [3.63, 3.8) is 0 Å². The molecule has 4 saturated heterocycles. The van der Waals surface area contributed by atoms with Crippen molar-refractivity contribution in [2.45, 2.75) is 240 Å². The average molecular weight is 1330 g/mol. The molecule has 4 N–H and O–H groups in total. The quantitative estimate of drug-likeness (QED) is 0.0578. The number of likely N-dealkylation sites (tertiary alicyclic amines) is 4. The van der Waals surface area contributed by atoms with Crippen LogP contribution in [0.2, 0.25) is 0 Å². The second kappa shape index (κ2) is 42.3. The summed E-state index contributed by atoms with van der Waals surface area (Å²) in [5.74, 6) is -4.82. The van der Waals surface area contributed by atoms with Crippen LogP contribution in [0.25, 0.3) is 0 Å². The molecule has 1 aromatic carbocycles. The summed E-state index contributed by atoms with van der Waals surface area (Å²) in [6.45, 7) is 27.0. The Morgan fingerprint density at radius 2 is 0.660 bits per heavy atom. The monoisotopic (exact) mass is 1330 g/mol. The van der Waals surface area contributed by atoms with Crippen LogP contribution in [0.3, 0.4) is 0 Å². The molecule has 0 aromatic heterocycles. The Labute approximate surface area is 558 Å². The molecule has 4 fully saturated rings. The highest BCUT2D eigenvalue weighted by Crippen LogP contribution is 2.31. The number of methoxy groups -OCH3 is 5. The van der Waals surface area contributed by atoms with E-state index in [4.69, 9.17) is 18.9 Å². The van der Waals surface area contributed by atoms with E-state index in [0.717, 1.165) is 44.1 Å². The SMILES string of the molecule is CC[C@@H](C)[C@H](CC(=O)OC)C(=O)N1CCC[C@H]1C(=O)NC(C)C.CC[C@H](C)[C@H](CC(=O)OC)C(=O)N1CCC[C@H]1C(=O)NC(C)C.COC(=O)C[C@H](C(=O)N1CCC[C@H]1C(=O)NC(C)C)[C@H](C)OC.COC(=O)C[C@H](C(=O)N1CCC[C@H]1C(=O)NC(C)C)c1ccccc1. The van der Waals surface area contributed by atoms with Crippen LogP contribution in [0, 0.1) is 29.6 Å². The molecule has 4 aliphatic heterocycles. The topological polar surface area (TPSA) is 312 Å². The fraction of sp³-hybridized carbons (Fsp3) is 0.739. The largest absolute Gasteiger partial charge is 0.469 e. The Morgan fingerprint density at radius 3 is 0.926 bits per heavy atom. The van der Waals surface area contributed by atoms with E-state index in [9.17, 15) is 57.5 Å². The third-order valence-corrected chi connectivity index (χ3v) is 17.6. The molecule has 0 aliphatic carbocycles. The van der Waals surface area contributed by atoms with Crippen molar-refractivity contribution in [2.75, 3.05) is 61.7 Å². The zero-order valence-corrected chi connectivity index (χ0v) is 59.5.